The highest BCUT2D eigenvalue weighted by molar-refractivity contribution is 9.09. The average molecular weight is 310 g/mol. The molecule has 1 heterocycles. The van der Waals surface area contributed by atoms with Crippen molar-refractivity contribution in [1.29, 1.82) is 0 Å². The number of nitrogens with zero attached hydrogens (tertiary/aromatic N) is 1. The first-order valence-corrected chi connectivity index (χ1v) is 7.67. The number of alkyl halides is 1. The number of carbonyl (C=O) groups excluding carboxylic acids is 1. The molecule has 0 aromatic heterocycles. The van der Waals surface area contributed by atoms with Crippen LogP contribution in [0.3, 0.4) is 0 Å². The third-order valence-corrected chi connectivity index (χ3v) is 4.24. The molecular formula is C15H20BrNO. The van der Waals surface area contributed by atoms with E-state index in [0.29, 0.717) is 5.92 Å². The van der Waals surface area contributed by atoms with Gasteiger partial charge in [0, 0.05) is 24.0 Å². The largest absolute Gasteiger partial charge is 0.338 e. The molecule has 1 aliphatic rings. The highest BCUT2D eigenvalue weighted by Gasteiger charge is 2.27. The van der Waals surface area contributed by atoms with Gasteiger partial charge in [-0.25, -0.2) is 0 Å². The van der Waals surface area contributed by atoms with Crippen LogP contribution in [0.5, 0.6) is 0 Å². The van der Waals surface area contributed by atoms with Crippen molar-refractivity contribution in [2.24, 2.45) is 5.92 Å². The van der Waals surface area contributed by atoms with E-state index in [-0.39, 0.29) is 5.91 Å². The molecule has 1 aromatic carbocycles. The zero-order chi connectivity index (χ0) is 13.1. The first-order chi connectivity index (χ1) is 8.63. The van der Waals surface area contributed by atoms with E-state index in [0.717, 1.165) is 48.0 Å². The van der Waals surface area contributed by atoms with Crippen molar-refractivity contribution in [1.82, 2.24) is 4.90 Å². The molecule has 3 heteroatoms. The molecule has 0 radical (unpaired) electrons. The van der Waals surface area contributed by atoms with Crippen LogP contribution in [-0.4, -0.2) is 29.2 Å². The molecule has 98 valence electrons. The van der Waals surface area contributed by atoms with E-state index in [2.05, 4.69) is 15.9 Å². The van der Waals surface area contributed by atoms with Crippen LogP contribution < -0.4 is 0 Å². The number of carbonyl (C=O) groups is 1. The van der Waals surface area contributed by atoms with Crippen LogP contribution in [0.1, 0.15) is 34.3 Å². The van der Waals surface area contributed by atoms with Crippen LogP contribution in [0.2, 0.25) is 0 Å². The second-order valence-corrected chi connectivity index (χ2v) is 5.94. The standard InChI is InChI=1S/C15H20BrNO/c1-11-4-3-5-12(2)14(11)15(18)17-9-7-13(10-17)6-8-16/h3-5,13H,6-10H2,1-2H3. The van der Waals surface area contributed by atoms with Crippen molar-refractivity contribution in [2.75, 3.05) is 18.4 Å². The molecule has 1 fully saturated rings. The Kier molecular flexibility index (Phi) is 4.44. The summed E-state index contributed by atoms with van der Waals surface area (Å²) < 4.78 is 0. The van der Waals surface area contributed by atoms with Gasteiger partial charge in [-0.2, -0.15) is 0 Å². The van der Waals surface area contributed by atoms with Crippen molar-refractivity contribution in [3.05, 3.63) is 34.9 Å². The number of hydrogen-bond donors (Lipinski definition) is 0. The Morgan fingerprint density at radius 3 is 2.67 bits per heavy atom. The lowest BCUT2D eigenvalue weighted by molar-refractivity contribution is 0.0785. The lowest BCUT2D eigenvalue weighted by Crippen LogP contribution is -2.30. The highest BCUT2D eigenvalue weighted by atomic mass is 79.9. The van der Waals surface area contributed by atoms with Gasteiger partial charge in [-0.1, -0.05) is 34.1 Å². The predicted molar refractivity (Wildman–Crippen MR) is 78.3 cm³/mol. The minimum absolute atomic E-state index is 0.211. The van der Waals surface area contributed by atoms with Crippen LogP contribution in [-0.2, 0) is 0 Å². The summed E-state index contributed by atoms with van der Waals surface area (Å²) in [6.07, 6.45) is 2.30. The molecule has 1 saturated heterocycles. The van der Waals surface area contributed by atoms with Gasteiger partial charge in [-0.05, 0) is 43.7 Å². The summed E-state index contributed by atoms with van der Waals surface area (Å²) in [7, 11) is 0. The van der Waals surface area contributed by atoms with Gasteiger partial charge in [0.15, 0.2) is 0 Å². The van der Waals surface area contributed by atoms with Crippen LogP contribution in [0.4, 0.5) is 0 Å². The molecule has 1 amide bonds. The Morgan fingerprint density at radius 2 is 2.06 bits per heavy atom. The van der Waals surface area contributed by atoms with Gasteiger partial charge >= 0.3 is 0 Å². The van der Waals surface area contributed by atoms with Crippen LogP contribution in [0, 0.1) is 19.8 Å². The lowest BCUT2D eigenvalue weighted by atomic mass is 10.0. The van der Waals surface area contributed by atoms with E-state index in [1.54, 1.807) is 0 Å². The molecule has 0 bridgehead atoms. The Labute approximate surface area is 117 Å². The molecule has 0 N–H and O–H groups in total. The van der Waals surface area contributed by atoms with Gasteiger partial charge in [-0.3, -0.25) is 4.79 Å². The summed E-state index contributed by atoms with van der Waals surface area (Å²) in [5.74, 6) is 0.875. The Morgan fingerprint density at radius 1 is 1.39 bits per heavy atom. The number of benzene rings is 1. The summed E-state index contributed by atoms with van der Waals surface area (Å²) in [6.45, 7) is 5.86. The SMILES string of the molecule is Cc1cccc(C)c1C(=O)N1CCC(CCBr)C1. The summed E-state index contributed by atoms with van der Waals surface area (Å²) in [4.78, 5) is 14.6. The van der Waals surface area contributed by atoms with Crippen molar-refractivity contribution >= 4 is 21.8 Å². The maximum absolute atomic E-state index is 12.6. The van der Waals surface area contributed by atoms with Gasteiger partial charge in [0.1, 0.15) is 0 Å². The summed E-state index contributed by atoms with van der Waals surface area (Å²) in [5.41, 5.74) is 3.07. The molecule has 2 nitrogen and oxygen atoms in total. The Bertz CT molecular complexity index is 424. The van der Waals surface area contributed by atoms with Gasteiger partial charge in [0.25, 0.3) is 5.91 Å². The van der Waals surface area contributed by atoms with Gasteiger partial charge in [-0.15, -0.1) is 0 Å². The molecule has 1 aromatic rings. The van der Waals surface area contributed by atoms with Crippen molar-refractivity contribution in [3.8, 4) is 0 Å². The number of likely N-dealkylation sites (tertiary alicyclic amines) is 1. The fraction of sp³-hybridized carbons (Fsp3) is 0.533. The summed E-state index contributed by atoms with van der Waals surface area (Å²) >= 11 is 3.48. The number of amides is 1. The minimum atomic E-state index is 0.211. The third kappa shape index (κ3) is 2.77. The van der Waals surface area contributed by atoms with E-state index < -0.39 is 0 Å². The van der Waals surface area contributed by atoms with Crippen molar-refractivity contribution < 1.29 is 4.79 Å². The summed E-state index contributed by atoms with van der Waals surface area (Å²) in [6, 6.07) is 6.05. The smallest absolute Gasteiger partial charge is 0.254 e. The monoisotopic (exact) mass is 309 g/mol. The van der Waals surface area contributed by atoms with E-state index in [1.807, 2.05) is 36.9 Å². The number of aryl methyl sites for hydroxylation is 2. The number of halogens is 1. The van der Waals surface area contributed by atoms with Crippen LogP contribution >= 0.6 is 15.9 Å². The van der Waals surface area contributed by atoms with Gasteiger partial charge in [0.05, 0.1) is 0 Å². The minimum Gasteiger partial charge on any atom is -0.338 e. The highest BCUT2D eigenvalue weighted by Crippen LogP contribution is 2.24. The Hall–Kier alpha value is -0.830. The average Bonchev–Trinajstić information content (AvgIpc) is 2.78. The number of hydrogen-bond acceptors (Lipinski definition) is 1. The molecule has 2 rings (SSSR count). The zero-order valence-electron chi connectivity index (χ0n) is 11.1. The molecule has 0 spiro atoms. The second-order valence-electron chi connectivity index (χ2n) is 5.15. The first kappa shape index (κ1) is 13.6. The van der Waals surface area contributed by atoms with Gasteiger partial charge < -0.3 is 4.90 Å². The van der Waals surface area contributed by atoms with E-state index in [9.17, 15) is 4.79 Å². The van der Waals surface area contributed by atoms with Crippen molar-refractivity contribution in [2.45, 2.75) is 26.7 Å². The molecule has 1 aliphatic heterocycles. The zero-order valence-corrected chi connectivity index (χ0v) is 12.7. The molecular weight excluding hydrogens is 290 g/mol. The fourth-order valence-corrected chi connectivity index (χ4v) is 3.36. The van der Waals surface area contributed by atoms with Crippen LogP contribution in [0.25, 0.3) is 0 Å². The topological polar surface area (TPSA) is 20.3 Å². The third-order valence-electron chi connectivity index (χ3n) is 3.79. The fourth-order valence-electron chi connectivity index (χ4n) is 2.72. The van der Waals surface area contributed by atoms with Gasteiger partial charge in [0.2, 0.25) is 0 Å². The maximum Gasteiger partial charge on any atom is 0.254 e. The first-order valence-electron chi connectivity index (χ1n) is 6.55. The van der Waals surface area contributed by atoms with E-state index >= 15 is 0 Å². The normalized spacial score (nSPS) is 19.3. The maximum atomic E-state index is 12.6. The molecule has 1 unspecified atom stereocenters. The quantitative estimate of drug-likeness (QED) is 0.782. The van der Waals surface area contributed by atoms with Crippen molar-refractivity contribution in [3.63, 3.8) is 0 Å². The molecule has 1 atom stereocenters. The summed E-state index contributed by atoms with van der Waals surface area (Å²) in [5, 5.41) is 1.03. The Balaban J connectivity index is 2.13. The molecule has 0 saturated carbocycles. The molecule has 18 heavy (non-hydrogen) atoms. The van der Waals surface area contributed by atoms with Crippen LogP contribution in [0.15, 0.2) is 18.2 Å². The second kappa shape index (κ2) is 5.87. The lowest BCUT2D eigenvalue weighted by Gasteiger charge is -2.19. The van der Waals surface area contributed by atoms with E-state index in [4.69, 9.17) is 0 Å². The number of rotatable bonds is 3. The van der Waals surface area contributed by atoms with E-state index in [1.165, 1.54) is 0 Å². The predicted octanol–water partition coefficient (Wildman–Crippen LogP) is 3.55. The molecule has 0 aliphatic carbocycles.